The van der Waals surface area contributed by atoms with Crippen LogP contribution in [0.3, 0.4) is 0 Å². The molecule has 0 radical (unpaired) electrons. The van der Waals surface area contributed by atoms with Crippen LogP contribution >= 0.6 is 0 Å². The zero-order chi connectivity index (χ0) is 17.1. The van der Waals surface area contributed by atoms with Gasteiger partial charge in [0.15, 0.2) is 0 Å². The second-order valence-electron chi connectivity index (χ2n) is 5.67. The average Bonchev–Trinajstić information content (AvgIpc) is 2.87. The molecule has 7 nitrogen and oxygen atoms in total. The Hall–Kier alpha value is -2.57. The van der Waals surface area contributed by atoms with Gasteiger partial charge < -0.3 is 19.6 Å². The smallest absolute Gasteiger partial charge is 0.323 e. The van der Waals surface area contributed by atoms with Gasteiger partial charge in [0.05, 0.1) is 18.7 Å². The van der Waals surface area contributed by atoms with Crippen molar-refractivity contribution in [1.82, 2.24) is 4.90 Å². The maximum Gasteiger partial charge on any atom is 0.323 e. The normalized spacial score (nSPS) is 17.3. The number of rotatable bonds is 5. The number of methoxy groups -OCH3 is 1. The Morgan fingerprint density at radius 3 is 2.74 bits per heavy atom. The highest BCUT2D eigenvalue weighted by Gasteiger charge is 2.37. The van der Waals surface area contributed by atoms with Crippen LogP contribution in [0.4, 0.5) is 5.69 Å². The lowest BCUT2D eigenvalue weighted by atomic mass is 10.1. The first-order valence-corrected chi connectivity index (χ1v) is 7.25. The van der Waals surface area contributed by atoms with Gasteiger partial charge in [0, 0.05) is 20.0 Å². The number of carbonyl (C=O) groups excluding carboxylic acids is 2. The number of carbonyl (C=O) groups is 3. The molecular formula is C16H20N2O5. The van der Waals surface area contributed by atoms with Crippen LogP contribution in [0.15, 0.2) is 18.2 Å². The van der Waals surface area contributed by atoms with E-state index >= 15 is 0 Å². The number of carboxylic acids is 1. The van der Waals surface area contributed by atoms with Gasteiger partial charge in [0.25, 0.3) is 0 Å². The van der Waals surface area contributed by atoms with Crippen molar-refractivity contribution in [1.29, 1.82) is 0 Å². The first-order chi connectivity index (χ1) is 10.8. The first-order valence-electron chi connectivity index (χ1n) is 7.25. The predicted octanol–water partition coefficient (Wildman–Crippen LogP) is 0.900. The Balaban J connectivity index is 2.19. The number of nitrogens with zero attached hydrogens (tertiary/aromatic N) is 2. The SMILES string of the molecule is COc1ccc(C)cc1N1CC(C(=O)N(C)CC(=O)O)CC1=O. The van der Waals surface area contributed by atoms with Gasteiger partial charge in [0.2, 0.25) is 11.8 Å². The summed E-state index contributed by atoms with van der Waals surface area (Å²) in [4.78, 5) is 38.0. The van der Waals surface area contributed by atoms with Crippen molar-refractivity contribution in [3.63, 3.8) is 0 Å². The van der Waals surface area contributed by atoms with E-state index in [1.807, 2.05) is 19.1 Å². The van der Waals surface area contributed by atoms with E-state index in [1.165, 1.54) is 19.1 Å². The lowest BCUT2D eigenvalue weighted by molar-refractivity contribution is -0.145. The molecule has 124 valence electrons. The number of hydrogen-bond donors (Lipinski definition) is 1. The highest BCUT2D eigenvalue weighted by molar-refractivity contribution is 6.01. The third kappa shape index (κ3) is 3.61. The lowest BCUT2D eigenvalue weighted by Crippen LogP contribution is -2.37. The van der Waals surface area contributed by atoms with Crippen LogP contribution < -0.4 is 9.64 Å². The summed E-state index contributed by atoms with van der Waals surface area (Å²) < 4.78 is 5.29. The largest absolute Gasteiger partial charge is 0.495 e. The summed E-state index contributed by atoms with van der Waals surface area (Å²) in [6, 6.07) is 5.50. The van der Waals surface area contributed by atoms with Gasteiger partial charge in [-0.25, -0.2) is 0 Å². The van der Waals surface area contributed by atoms with Crippen molar-refractivity contribution < 1.29 is 24.2 Å². The topological polar surface area (TPSA) is 87.2 Å². The number of aliphatic carboxylic acids is 1. The standard InChI is InChI=1S/C16H20N2O5/c1-10-4-5-13(23-3)12(6-10)18-8-11(7-14(18)19)16(22)17(2)9-15(20)21/h4-6,11H,7-9H2,1-3H3,(H,20,21). The van der Waals surface area contributed by atoms with Crippen LogP contribution in [-0.4, -0.2) is 55.0 Å². The van der Waals surface area contributed by atoms with Gasteiger partial charge >= 0.3 is 5.97 Å². The molecule has 1 aromatic rings. The van der Waals surface area contributed by atoms with Gasteiger partial charge in [-0.1, -0.05) is 6.07 Å². The third-order valence-electron chi connectivity index (χ3n) is 3.85. The highest BCUT2D eigenvalue weighted by Crippen LogP contribution is 2.34. The molecule has 23 heavy (non-hydrogen) atoms. The Labute approximate surface area is 134 Å². The number of ether oxygens (including phenoxy) is 1. The zero-order valence-corrected chi connectivity index (χ0v) is 13.4. The van der Waals surface area contributed by atoms with Crippen LogP contribution in [0, 0.1) is 12.8 Å². The molecule has 0 aromatic heterocycles. The second-order valence-corrected chi connectivity index (χ2v) is 5.67. The number of aryl methyl sites for hydroxylation is 1. The number of likely N-dealkylation sites (N-methyl/N-ethyl adjacent to an activating group) is 1. The van der Waals surface area contributed by atoms with E-state index in [1.54, 1.807) is 6.07 Å². The van der Waals surface area contributed by atoms with E-state index in [9.17, 15) is 14.4 Å². The average molecular weight is 320 g/mol. The van der Waals surface area contributed by atoms with Crippen LogP contribution in [-0.2, 0) is 14.4 Å². The maximum absolute atomic E-state index is 12.3. The van der Waals surface area contributed by atoms with Gasteiger partial charge in [-0.2, -0.15) is 0 Å². The Morgan fingerprint density at radius 2 is 2.13 bits per heavy atom. The molecule has 1 aliphatic heterocycles. The molecule has 1 fully saturated rings. The summed E-state index contributed by atoms with van der Waals surface area (Å²) in [5.74, 6) is -1.57. The molecule has 1 heterocycles. The third-order valence-corrected chi connectivity index (χ3v) is 3.85. The van der Waals surface area contributed by atoms with Gasteiger partial charge in [-0.3, -0.25) is 14.4 Å². The summed E-state index contributed by atoms with van der Waals surface area (Å²) in [6.45, 7) is 1.76. The number of amides is 2. The summed E-state index contributed by atoms with van der Waals surface area (Å²) >= 11 is 0. The van der Waals surface area contributed by atoms with Gasteiger partial charge in [0.1, 0.15) is 12.3 Å². The summed E-state index contributed by atoms with van der Waals surface area (Å²) in [6.07, 6.45) is 0.0693. The van der Waals surface area contributed by atoms with Crippen molar-refractivity contribution in [3.05, 3.63) is 23.8 Å². The van der Waals surface area contributed by atoms with Crippen LogP contribution in [0.1, 0.15) is 12.0 Å². The minimum absolute atomic E-state index is 0.0693. The predicted molar refractivity (Wildman–Crippen MR) is 83.5 cm³/mol. The van der Waals surface area contributed by atoms with E-state index in [2.05, 4.69) is 0 Å². The summed E-state index contributed by atoms with van der Waals surface area (Å²) in [7, 11) is 2.95. The van der Waals surface area contributed by atoms with Crippen molar-refractivity contribution in [2.45, 2.75) is 13.3 Å². The maximum atomic E-state index is 12.3. The molecule has 1 atom stereocenters. The molecule has 0 aliphatic carbocycles. The Morgan fingerprint density at radius 1 is 1.43 bits per heavy atom. The van der Waals surface area contributed by atoms with E-state index in [0.717, 1.165) is 10.5 Å². The fourth-order valence-corrected chi connectivity index (χ4v) is 2.71. The number of anilines is 1. The minimum Gasteiger partial charge on any atom is -0.495 e. The van der Waals surface area contributed by atoms with Crippen molar-refractivity contribution >= 4 is 23.5 Å². The number of hydrogen-bond acceptors (Lipinski definition) is 4. The summed E-state index contributed by atoms with van der Waals surface area (Å²) in [5.41, 5.74) is 1.61. The molecule has 2 amide bonds. The van der Waals surface area contributed by atoms with Crippen LogP contribution in [0.25, 0.3) is 0 Å². The van der Waals surface area contributed by atoms with E-state index in [-0.39, 0.29) is 31.3 Å². The van der Waals surface area contributed by atoms with Crippen molar-refractivity contribution in [2.75, 3.05) is 32.1 Å². The van der Waals surface area contributed by atoms with Crippen LogP contribution in [0.5, 0.6) is 5.75 Å². The highest BCUT2D eigenvalue weighted by atomic mass is 16.5. The molecule has 2 rings (SSSR count). The molecule has 1 N–H and O–H groups in total. The van der Waals surface area contributed by atoms with E-state index in [4.69, 9.17) is 9.84 Å². The number of benzene rings is 1. The zero-order valence-electron chi connectivity index (χ0n) is 13.4. The molecule has 0 spiro atoms. The monoisotopic (exact) mass is 320 g/mol. The Bertz CT molecular complexity index is 643. The fourth-order valence-electron chi connectivity index (χ4n) is 2.71. The molecule has 1 saturated heterocycles. The molecule has 1 aliphatic rings. The molecule has 0 bridgehead atoms. The molecule has 0 saturated carbocycles. The second kappa shape index (κ2) is 6.68. The van der Waals surface area contributed by atoms with Gasteiger partial charge in [-0.15, -0.1) is 0 Å². The Kier molecular flexibility index (Phi) is 4.88. The molecule has 1 aromatic carbocycles. The number of carboxylic acid groups (broad SMARTS) is 1. The summed E-state index contributed by atoms with van der Waals surface area (Å²) in [5, 5.41) is 8.77. The van der Waals surface area contributed by atoms with Crippen LogP contribution in [0.2, 0.25) is 0 Å². The van der Waals surface area contributed by atoms with Crippen molar-refractivity contribution in [3.8, 4) is 5.75 Å². The molecular weight excluding hydrogens is 300 g/mol. The van der Waals surface area contributed by atoms with Gasteiger partial charge in [-0.05, 0) is 24.6 Å². The molecule has 1 unspecified atom stereocenters. The lowest BCUT2D eigenvalue weighted by Gasteiger charge is -2.21. The van der Waals surface area contributed by atoms with E-state index in [0.29, 0.717) is 11.4 Å². The first kappa shape index (κ1) is 16.8. The quantitative estimate of drug-likeness (QED) is 0.871. The van der Waals surface area contributed by atoms with Crippen molar-refractivity contribution in [2.24, 2.45) is 5.92 Å². The fraction of sp³-hybridized carbons (Fsp3) is 0.438. The minimum atomic E-state index is -1.08. The van der Waals surface area contributed by atoms with E-state index < -0.39 is 11.9 Å². The molecule has 7 heteroatoms.